The van der Waals surface area contributed by atoms with Gasteiger partial charge in [-0.25, -0.2) is 0 Å². The van der Waals surface area contributed by atoms with Crippen molar-refractivity contribution < 1.29 is 24.2 Å². The van der Waals surface area contributed by atoms with E-state index in [1.807, 2.05) is 45.1 Å². The predicted octanol–water partition coefficient (Wildman–Crippen LogP) is 1.74. The molecule has 1 unspecified atom stereocenters. The van der Waals surface area contributed by atoms with Crippen LogP contribution < -0.4 is 0 Å². The highest BCUT2D eigenvalue weighted by molar-refractivity contribution is 6.00. The molecule has 0 aliphatic carbocycles. The maximum atomic E-state index is 14.1. The van der Waals surface area contributed by atoms with Crippen molar-refractivity contribution in [3.63, 3.8) is 0 Å². The largest absolute Gasteiger partial charge is 0.396 e. The van der Waals surface area contributed by atoms with Crippen LogP contribution in [0.2, 0.25) is 0 Å². The highest BCUT2D eigenvalue weighted by Crippen LogP contribution is 2.58. The molecule has 0 bridgehead atoms. The lowest BCUT2D eigenvalue weighted by Gasteiger charge is -2.39. The van der Waals surface area contributed by atoms with E-state index in [4.69, 9.17) is 9.84 Å². The molecule has 8 heteroatoms. The van der Waals surface area contributed by atoms with Gasteiger partial charge in [-0.1, -0.05) is 44.1 Å². The van der Waals surface area contributed by atoms with E-state index in [1.165, 1.54) is 0 Å². The SMILES string of the molecule is CC[C@]12C=CCN(C)C(=O)[C@H]1[C@H]1C(=O)N(CCCCCCO)C3C(=O)N(C(C)C)CC=C[C@@]31O2. The van der Waals surface area contributed by atoms with Crippen LogP contribution in [0.15, 0.2) is 24.3 Å². The third-order valence-electron chi connectivity index (χ3n) is 8.10. The van der Waals surface area contributed by atoms with E-state index in [2.05, 4.69) is 0 Å². The fraction of sp³-hybridized carbons (Fsp3) is 0.731. The Kier molecular flexibility index (Phi) is 6.93. The van der Waals surface area contributed by atoms with Gasteiger partial charge in [0, 0.05) is 39.3 Å². The lowest BCUT2D eigenvalue weighted by Crippen LogP contribution is -2.57. The summed E-state index contributed by atoms with van der Waals surface area (Å²) >= 11 is 0. The molecule has 0 radical (unpaired) electrons. The number of unbranched alkanes of at least 4 members (excludes halogenated alkanes) is 3. The minimum Gasteiger partial charge on any atom is -0.396 e. The Bertz CT molecular complexity index is 886. The van der Waals surface area contributed by atoms with Crippen molar-refractivity contribution in [2.24, 2.45) is 11.8 Å². The number of likely N-dealkylation sites (tertiary alicyclic amines) is 1. The van der Waals surface area contributed by atoms with Crippen molar-refractivity contribution in [3.05, 3.63) is 24.3 Å². The van der Waals surface area contributed by atoms with E-state index in [9.17, 15) is 14.4 Å². The number of likely N-dealkylation sites (N-methyl/N-ethyl adjacent to an activating group) is 1. The predicted molar refractivity (Wildman–Crippen MR) is 128 cm³/mol. The fourth-order valence-corrected chi connectivity index (χ4v) is 6.35. The molecule has 4 rings (SSSR count). The van der Waals surface area contributed by atoms with Gasteiger partial charge in [0.05, 0.1) is 17.4 Å². The Hall–Kier alpha value is -2.19. The number of hydrogen-bond donors (Lipinski definition) is 1. The molecule has 188 valence electrons. The van der Waals surface area contributed by atoms with Crippen molar-refractivity contribution in [2.75, 3.05) is 33.3 Å². The molecule has 1 N–H and O–H groups in total. The van der Waals surface area contributed by atoms with Gasteiger partial charge >= 0.3 is 0 Å². The molecule has 1 spiro atoms. The van der Waals surface area contributed by atoms with Crippen LogP contribution in [-0.2, 0) is 19.1 Å². The lowest BCUT2D eigenvalue weighted by molar-refractivity contribution is -0.154. The summed E-state index contributed by atoms with van der Waals surface area (Å²) in [6.07, 6.45) is 11.5. The summed E-state index contributed by atoms with van der Waals surface area (Å²) in [4.78, 5) is 46.8. The summed E-state index contributed by atoms with van der Waals surface area (Å²) in [5, 5.41) is 9.08. The van der Waals surface area contributed by atoms with Gasteiger partial charge in [-0.2, -0.15) is 0 Å². The van der Waals surface area contributed by atoms with E-state index in [-0.39, 0.29) is 30.4 Å². The van der Waals surface area contributed by atoms with Crippen LogP contribution >= 0.6 is 0 Å². The van der Waals surface area contributed by atoms with Crippen molar-refractivity contribution in [2.45, 2.75) is 76.2 Å². The highest BCUT2D eigenvalue weighted by Gasteiger charge is 2.75. The maximum Gasteiger partial charge on any atom is 0.249 e. The molecular weight excluding hydrogens is 434 g/mol. The molecule has 3 amide bonds. The molecule has 0 aromatic rings. The van der Waals surface area contributed by atoms with Gasteiger partial charge in [0.25, 0.3) is 0 Å². The second-order valence-corrected chi connectivity index (χ2v) is 10.4. The Balaban J connectivity index is 1.78. The molecule has 2 saturated heterocycles. The van der Waals surface area contributed by atoms with Crippen LogP contribution in [-0.4, -0.2) is 94.1 Å². The minimum absolute atomic E-state index is 0.0208. The molecule has 0 aromatic carbocycles. The number of aliphatic hydroxyl groups is 1. The second kappa shape index (κ2) is 9.46. The van der Waals surface area contributed by atoms with Crippen LogP contribution in [0.5, 0.6) is 0 Å². The molecule has 4 heterocycles. The van der Waals surface area contributed by atoms with Crippen LogP contribution in [0.25, 0.3) is 0 Å². The van der Waals surface area contributed by atoms with E-state index in [0.717, 1.165) is 25.7 Å². The normalized spacial score (nSPS) is 35.1. The summed E-state index contributed by atoms with van der Waals surface area (Å²) in [6.45, 7) is 7.46. The number of nitrogens with zero attached hydrogens (tertiary/aromatic N) is 3. The number of fused-ring (bicyclic) bond motifs is 2. The first kappa shape index (κ1) is 24.9. The van der Waals surface area contributed by atoms with Gasteiger partial charge in [-0.3, -0.25) is 14.4 Å². The standard InChI is InChI=1S/C26H39N3O5/c1-5-25-12-10-14-27(4)22(31)19(25)20-23(32)29(15-8-6-7-9-17-30)21-24(33)28(18(2)3)16-11-13-26(20,21)34-25/h10-13,18-21,30H,5-9,14-17H2,1-4H3/t19-,20+,21?,25+,26+/m1/s1. The number of aliphatic hydroxyl groups excluding tert-OH is 1. The number of ether oxygens (including phenoxy) is 1. The average molecular weight is 474 g/mol. The molecule has 4 aliphatic heterocycles. The third-order valence-corrected chi connectivity index (χ3v) is 8.10. The number of rotatable bonds is 8. The number of carbonyl (C=O) groups excluding carboxylic acids is 3. The Morgan fingerprint density at radius 2 is 1.71 bits per heavy atom. The second-order valence-electron chi connectivity index (χ2n) is 10.4. The van der Waals surface area contributed by atoms with Gasteiger partial charge in [0.15, 0.2) is 0 Å². The summed E-state index contributed by atoms with van der Waals surface area (Å²) in [7, 11) is 1.76. The zero-order valence-electron chi connectivity index (χ0n) is 20.9. The molecule has 0 aromatic heterocycles. The van der Waals surface area contributed by atoms with E-state index >= 15 is 0 Å². The summed E-state index contributed by atoms with van der Waals surface area (Å²) in [5.74, 6) is -1.78. The molecular formula is C26H39N3O5. The van der Waals surface area contributed by atoms with Crippen molar-refractivity contribution in [1.29, 1.82) is 0 Å². The minimum atomic E-state index is -1.16. The molecule has 5 atom stereocenters. The summed E-state index contributed by atoms with van der Waals surface area (Å²) in [5.41, 5.74) is -2.08. The first-order valence-corrected chi connectivity index (χ1v) is 12.8. The fourth-order valence-electron chi connectivity index (χ4n) is 6.35. The molecule has 8 nitrogen and oxygen atoms in total. The molecule has 4 aliphatic rings. The van der Waals surface area contributed by atoms with Gasteiger partial charge in [-0.05, 0) is 33.1 Å². The number of hydrogen-bond acceptors (Lipinski definition) is 5. The van der Waals surface area contributed by atoms with Gasteiger partial charge < -0.3 is 24.5 Å². The summed E-state index contributed by atoms with van der Waals surface area (Å²) < 4.78 is 6.88. The molecule has 34 heavy (non-hydrogen) atoms. The Labute approximate surface area is 202 Å². The van der Waals surface area contributed by atoms with Crippen molar-refractivity contribution >= 4 is 17.7 Å². The number of amides is 3. The average Bonchev–Trinajstić information content (AvgIpc) is 3.09. The maximum absolute atomic E-state index is 14.1. The highest BCUT2D eigenvalue weighted by atomic mass is 16.5. The molecule has 0 saturated carbocycles. The van der Waals surface area contributed by atoms with Crippen molar-refractivity contribution in [1.82, 2.24) is 14.7 Å². The monoisotopic (exact) mass is 473 g/mol. The van der Waals surface area contributed by atoms with E-state index < -0.39 is 29.1 Å². The van der Waals surface area contributed by atoms with Crippen LogP contribution in [0.3, 0.4) is 0 Å². The quantitative estimate of drug-likeness (QED) is 0.428. The zero-order chi connectivity index (χ0) is 24.7. The van der Waals surface area contributed by atoms with Gasteiger partial charge in [0.1, 0.15) is 11.6 Å². The zero-order valence-corrected chi connectivity index (χ0v) is 20.9. The van der Waals surface area contributed by atoms with Crippen molar-refractivity contribution in [3.8, 4) is 0 Å². The Morgan fingerprint density at radius 3 is 2.38 bits per heavy atom. The number of carbonyl (C=O) groups is 3. The topological polar surface area (TPSA) is 90.4 Å². The third kappa shape index (κ3) is 3.70. The lowest BCUT2D eigenvalue weighted by atomic mass is 9.73. The van der Waals surface area contributed by atoms with Gasteiger partial charge in [0.2, 0.25) is 17.7 Å². The smallest absolute Gasteiger partial charge is 0.249 e. The van der Waals surface area contributed by atoms with Crippen LogP contribution in [0.4, 0.5) is 0 Å². The van der Waals surface area contributed by atoms with Crippen LogP contribution in [0, 0.1) is 11.8 Å². The van der Waals surface area contributed by atoms with Gasteiger partial charge in [-0.15, -0.1) is 0 Å². The first-order chi connectivity index (χ1) is 16.2. The first-order valence-electron chi connectivity index (χ1n) is 12.8. The van der Waals surface area contributed by atoms with E-state index in [1.54, 1.807) is 21.7 Å². The van der Waals surface area contributed by atoms with Crippen LogP contribution in [0.1, 0.15) is 52.9 Å². The van der Waals surface area contributed by atoms with E-state index in [0.29, 0.717) is 26.1 Å². The molecule has 2 fully saturated rings. The summed E-state index contributed by atoms with van der Waals surface area (Å²) in [6, 6.07) is -0.807. The Morgan fingerprint density at radius 1 is 1.00 bits per heavy atom.